The van der Waals surface area contributed by atoms with Crippen LogP contribution >= 0.6 is 0 Å². The highest BCUT2D eigenvalue weighted by atomic mass is 19.1. The first-order chi connectivity index (χ1) is 4.59. The van der Waals surface area contributed by atoms with Gasteiger partial charge in [0.05, 0.1) is 0 Å². The van der Waals surface area contributed by atoms with E-state index >= 15 is 0 Å². The van der Waals surface area contributed by atoms with E-state index in [9.17, 15) is 4.39 Å². The van der Waals surface area contributed by atoms with Gasteiger partial charge >= 0.3 is 7.12 Å². The summed E-state index contributed by atoms with van der Waals surface area (Å²) in [4.78, 5) is 0. The van der Waals surface area contributed by atoms with Gasteiger partial charge in [-0.1, -0.05) is 19.2 Å². The van der Waals surface area contributed by atoms with Gasteiger partial charge in [-0.05, 0) is 6.08 Å². The third kappa shape index (κ3) is 2.61. The Labute approximate surface area is 59.1 Å². The predicted molar refractivity (Wildman–Crippen MR) is 38.7 cm³/mol. The summed E-state index contributed by atoms with van der Waals surface area (Å²) in [5, 5.41) is 16.7. The molecular formula is C6H8BFO2. The average molecular weight is 142 g/mol. The van der Waals surface area contributed by atoms with Gasteiger partial charge in [-0.3, -0.25) is 0 Å². The summed E-state index contributed by atoms with van der Waals surface area (Å²) in [6.07, 6.45) is 2.20. The summed E-state index contributed by atoms with van der Waals surface area (Å²) in [7, 11) is -1.84. The second-order valence-electron chi connectivity index (χ2n) is 1.65. The van der Waals surface area contributed by atoms with Crippen LogP contribution in [-0.2, 0) is 0 Å². The van der Waals surface area contributed by atoms with E-state index in [1.165, 1.54) is 6.08 Å². The number of hydrogen-bond acceptors (Lipinski definition) is 2. The molecule has 0 heterocycles. The summed E-state index contributed by atoms with van der Waals surface area (Å²) >= 11 is 0. The molecule has 0 amide bonds. The van der Waals surface area contributed by atoms with Gasteiger partial charge in [-0.15, -0.1) is 0 Å². The first-order valence-corrected chi connectivity index (χ1v) is 2.63. The molecule has 2 N–H and O–H groups in total. The second-order valence-corrected chi connectivity index (χ2v) is 1.65. The number of allylic oxidation sites excluding steroid dienone is 4. The van der Waals surface area contributed by atoms with Crippen molar-refractivity contribution in [3.8, 4) is 0 Å². The van der Waals surface area contributed by atoms with Crippen LogP contribution in [0.4, 0.5) is 4.39 Å². The van der Waals surface area contributed by atoms with E-state index in [0.29, 0.717) is 0 Å². The van der Waals surface area contributed by atoms with Gasteiger partial charge in [0, 0.05) is 5.47 Å². The van der Waals surface area contributed by atoms with Crippen LogP contribution in [0.3, 0.4) is 0 Å². The monoisotopic (exact) mass is 142 g/mol. The van der Waals surface area contributed by atoms with Gasteiger partial charge in [0.2, 0.25) is 0 Å². The maximum absolute atomic E-state index is 12.4. The van der Waals surface area contributed by atoms with Crippen molar-refractivity contribution >= 4 is 7.12 Å². The smallest absolute Gasteiger partial charge is 0.423 e. The van der Waals surface area contributed by atoms with Gasteiger partial charge in [0.1, 0.15) is 5.83 Å². The summed E-state index contributed by atoms with van der Waals surface area (Å²) < 4.78 is 12.4. The SMILES string of the molecule is C=C/C=C(/F)C(=C)B(O)O. The van der Waals surface area contributed by atoms with Gasteiger partial charge in [-0.2, -0.15) is 0 Å². The molecule has 4 heteroatoms. The molecule has 0 fully saturated rings. The van der Waals surface area contributed by atoms with Crippen molar-refractivity contribution in [2.75, 3.05) is 0 Å². The average Bonchev–Trinajstić information content (AvgIpc) is 1.87. The van der Waals surface area contributed by atoms with Crippen LogP contribution in [0.1, 0.15) is 0 Å². The van der Waals surface area contributed by atoms with E-state index in [4.69, 9.17) is 10.0 Å². The third-order valence-electron chi connectivity index (χ3n) is 0.883. The number of rotatable bonds is 3. The molecule has 0 saturated heterocycles. The van der Waals surface area contributed by atoms with Crippen molar-refractivity contribution < 1.29 is 14.4 Å². The molecule has 0 aromatic carbocycles. The fraction of sp³-hybridized carbons (Fsp3) is 0. The molecule has 0 atom stereocenters. The predicted octanol–water partition coefficient (Wildman–Crippen LogP) is 0.594. The normalized spacial score (nSPS) is 10.9. The standard InChI is InChI=1S/C6H8BFO2/c1-3-4-6(8)5(2)7(9)10/h3-4,9-10H,1-2H2/b6-4+. The van der Waals surface area contributed by atoms with Crippen LogP contribution < -0.4 is 0 Å². The van der Waals surface area contributed by atoms with E-state index < -0.39 is 12.9 Å². The Hall–Kier alpha value is -0.865. The van der Waals surface area contributed by atoms with Crippen molar-refractivity contribution in [2.24, 2.45) is 0 Å². The maximum atomic E-state index is 12.4. The lowest BCUT2D eigenvalue weighted by atomic mass is 9.80. The van der Waals surface area contributed by atoms with Gasteiger partial charge in [0.25, 0.3) is 0 Å². The van der Waals surface area contributed by atoms with Crippen LogP contribution in [0.5, 0.6) is 0 Å². The third-order valence-corrected chi connectivity index (χ3v) is 0.883. The Bertz CT molecular complexity index is 175. The van der Waals surface area contributed by atoms with Crippen LogP contribution in [-0.4, -0.2) is 17.2 Å². The molecule has 0 bridgehead atoms. The van der Waals surface area contributed by atoms with Crippen LogP contribution in [0.2, 0.25) is 0 Å². The minimum absolute atomic E-state index is 0.361. The maximum Gasteiger partial charge on any atom is 0.490 e. The molecule has 0 spiro atoms. The van der Waals surface area contributed by atoms with Gasteiger partial charge < -0.3 is 10.0 Å². The molecule has 0 aliphatic heterocycles. The number of hydrogen-bond donors (Lipinski definition) is 2. The molecule has 2 nitrogen and oxygen atoms in total. The molecule has 0 aromatic rings. The summed E-state index contributed by atoms with van der Waals surface area (Å²) in [6.45, 7) is 6.30. The highest BCUT2D eigenvalue weighted by Crippen LogP contribution is 2.09. The minimum atomic E-state index is -1.84. The van der Waals surface area contributed by atoms with Crippen LogP contribution in [0.25, 0.3) is 0 Å². The lowest BCUT2D eigenvalue weighted by Gasteiger charge is -1.97. The van der Waals surface area contributed by atoms with Crippen molar-refractivity contribution in [1.29, 1.82) is 0 Å². The zero-order valence-corrected chi connectivity index (χ0v) is 5.42. The highest BCUT2D eigenvalue weighted by molar-refractivity contribution is 6.51. The van der Waals surface area contributed by atoms with E-state index in [-0.39, 0.29) is 5.47 Å². The Balaban J connectivity index is 4.21. The first kappa shape index (κ1) is 9.13. The lowest BCUT2D eigenvalue weighted by Crippen LogP contribution is -2.14. The van der Waals surface area contributed by atoms with E-state index in [1.54, 1.807) is 0 Å². The van der Waals surface area contributed by atoms with Crippen LogP contribution in [0, 0.1) is 0 Å². The van der Waals surface area contributed by atoms with Crippen LogP contribution in [0.15, 0.2) is 36.6 Å². The van der Waals surface area contributed by atoms with Gasteiger partial charge in [-0.25, -0.2) is 4.39 Å². The molecule has 0 radical (unpaired) electrons. The largest absolute Gasteiger partial charge is 0.490 e. The summed E-state index contributed by atoms with van der Waals surface area (Å²) in [5.74, 6) is -0.773. The van der Waals surface area contributed by atoms with E-state index in [2.05, 4.69) is 13.2 Å². The van der Waals surface area contributed by atoms with Crippen molar-refractivity contribution in [1.82, 2.24) is 0 Å². The first-order valence-electron chi connectivity index (χ1n) is 2.63. The molecule has 54 valence electrons. The lowest BCUT2D eigenvalue weighted by molar-refractivity contribution is 0.417. The molecule has 0 aromatic heterocycles. The van der Waals surface area contributed by atoms with E-state index in [1.807, 2.05) is 0 Å². The topological polar surface area (TPSA) is 40.5 Å². The Morgan fingerprint density at radius 2 is 2.00 bits per heavy atom. The fourth-order valence-corrected chi connectivity index (χ4v) is 0.334. The Kier molecular flexibility index (Phi) is 3.68. The quantitative estimate of drug-likeness (QED) is 0.447. The summed E-state index contributed by atoms with van der Waals surface area (Å²) in [5.41, 5.74) is -0.361. The second kappa shape index (κ2) is 4.03. The molecule has 10 heavy (non-hydrogen) atoms. The van der Waals surface area contributed by atoms with Crippen molar-refractivity contribution in [2.45, 2.75) is 0 Å². The molecule has 0 aliphatic carbocycles. The molecule has 0 aliphatic rings. The molecule has 0 saturated carbocycles. The van der Waals surface area contributed by atoms with Gasteiger partial charge in [0.15, 0.2) is 0 Å². The Morgan fingerprint density at radius 3 is 2.30 bits per heavy atom. The molecule has 0 rings (SSSR count). The zero-order valence-electron chi connectivity index (χ0n) is 5.42. The minimum Gasteiger partial charge on any atom is -0.423 e. The zero-order chi connectivity index (χ0) is 8.15. The number of halogens is 1. The summed E-state index contributed by atoms with van der Waals surface area (Å²) in [6, 6.07) is 0. The fourth-order valence-electron chi connectivity index (χ4n) is 0.334. The Morgan fingerprint density at radius 1 is 1.50 bits per heavy atom. The highest BCUT2D eigenvalue weighted by Gasteiger charge is 2.15. The van der Waals surface area contributed by atoms with Crippen molar-refractivity contribution in [3.05, 3.63) is 36.6 Å². The van der Waals surface area contributed by atoms with Crippen molar-refractivity contribution in [3.63, 3.8) is 0 Å². The van der Waals surface area contributed by atoms with E-state index in [0.717, 1.165) is 6.08 Å². The molecular weight excluding hydrogens is 134 g/mol. The molecule has 0 unspecified atom stereocenters.